The number of carbonyl (C=O) groups excluding carboxylic acids is 1. The van der Waals surface area contributed by atoms with Crippen molar-refractivity contribution in [3.05, 3.63) is 0 Å². The highest BCUT2D eigenvalue weighted by Crippen LogP contribution is 2.20. The fourth-order valence-corrected chi connectivity index (χ4v) is 3.75. The average molecular weight is 280 g/mol. The van der Waals surface area contributed by atoms with Gasteiger partial charge in [-0.05, 0) is 38.8 Å². The van der Waals surface area contributed by atoms with Gasteiger partial charge in [0.2, 0.25) is 5.91 Å². The lowest BCUT2D eigenvalue weighted by Crippen LogP contribution is -2.53. The minimum Gasteiger partial charge on any atom is -0.340 e. The van der Waals surface area contributed by atoms with Gasteiger partial charge >= 0.3 is 0 Å². The molecule has 0 radical (unpaired) electrons. The van der Waals surface area contributed by atoms with Crippen LogP contribution in [-0.2, 0) is 4.79 Å². The number of nitrogens with zero attached hydrogens (tertiary/aromatic N) is 3. The van der Waals surface area contributed by atoms with Gasteiger partial charge in [0.15, 0.2) is 0 Å². The first-order valence-corrected chi connectivity index (χ1v) is 8.28. The Morgan fingerprint density at radius 1 is 1.00 bits per heavy atom. The summed E-state index contributed by atoms with van der Waals surface area (Å²) < 4.78 is 0. The molecule has 3 aliphatic rings. The van der Waals surface area contributed by atoms with Crippen LogP contribution in [0.15, 0.2) is 0 Å². The molecule has 0 bridgehead atoms. The highest BCUT2D eigenvalue weighted by molar-refractivity contribution is 5.78. The van der Waals surface area contributed by atoms with Gasteiger partial charge < -0.3 is 10.2 Å². The number of likely N-dealkylation sites (tertiary alicyclic amines) is 2. The van der Waals surface area contributed by atoms with Gasteiger partial charge in [0.1, 0.15) is 0 Å². The van der Waals surface area contributed by atoms with E-state index in [4.69, 9.17) is 0 Å². The van der Waals surface area contributed by atoms with Crippen molar-refractivity contribution in [3.63, 3.8) is 0 Å². The van der Waals surface area contributed by atoms with Crippen molar-refractivity contribution in [2.45, 2.75) is 31.7 Å². The first-order chi connectivity index (χ1) is 9.83. The van der Waals surface area contributed by atoms with Gasteiger partial charge in [0.05, 0.1) is 6.54 Å². The van der Waals surface area contributed by atoms with Crippen molar-refractivity contribution in [3.8, 4) is 0 Å². The molecule has 1 amide bonds. The largest absolute Gasteiger partial charge is 0.340 e. The Labute approximate surface area is 122 Å². The lowest BCUT2D eigenvalue weighted by molar-refractivity contribution is -0.134. The van der Waals surface area contributed by atoms with E-state index in [9.17, 15) is 4.79 Å². The molecule has 3 heterocycles. The number of piperazine rings is 1. The zero-order valence-corrected chi connectivity index (χ0v) is 12.5. The van der Waals surface area contributed by atoms with Gasteiger partial charge in [-0.3, -0.25) is 14.6 Å². The number of nitrogens with one attached hydrogen (secondary N) is 1. The van der Waals surface area contributed by atoms with Crippen LogP contribution in [0.3, 0.4) is 0 Å². The zero-order valence-electron chi connectivity index (χ0n) is 12.5. The molecule has 0 aromatic heterocycles. The lowest BCUT2D eigenvalue weighted by atomic mass is 10.0. The summed E-state index contributed by atoms with van der Waals surface area (Å²) in [5.74, 6) is 0.343. The fraction of sp³-hybridized carbons (Fsp3) is 0.933. The highest BCUT2D eigenvalue weighted by Gasteiger charge is 2.29. The Bertz CT molecular complexity index is 324. The molecule has 3 saturated heterocycles. The molecule has 114 valence electrons. The molecule has 3 fully saturated rings. The number of rotatable bonds is 3. The molecule has 3 aliphatic heterocycles. The van der Waals surface area contributed by atoms with E-state index in [2.05, 4.69) is 20.0 Å². The maximum absolute atomic E-state index is 12.5. The zero-order chi connectivity index (χ0) is 13.8. The third-order valence-electron chi connectivity index (χ3n) is 4.97. The van der Waals surface area contributed by atoms with Gasteiger partial charge in [0.25, 0.3) is 0 Å². The molecule has 20 heavy (non-hydrogen) atoms. The molecule has 1 unspecified atom stereocenters. The predicted octanol–water partition coefficient (Wildman–Crippen LogP) is -0.0216. The number of hydrogen-bond donors (Lipinski definition) is 1. The second-order valence-corrected chi connectivity index (χ2v) is 6.41. The van der Waals surface area contributed by atoms with Crippen molar-refractivity contribution in [1.82, 2.24) is 20.0 Å². The normalized spacial score (nSPS) is 29.8. The standard InChI is InChI=1S/C15H28N4O/c20-15(13-17-10-5-16-6-11-17)19-9-3-4-14(12-19)18-7-1-2-8-18/h14,16H,1-13H2. The second kappa shape index (κ2) is 6.87. The second-order valence-electron chi connectivity index (χ2n) is 6.41. The van der Waals surface area contributed by atoms with Gasteiger partial charge in [-0.25, -0.2) is 0 Å². The van der Waals surface area contributed by atoms with Gasteiger partial charge in [-0.2, -0.15) is 0 Å². The van der Waals surface area contributed by atoms with Crippen LogP contribution in [0.5, 0.6) is 0 Å². The summed E-state index contributed by atoms with van der Waals surface area (Å²) >= 11 is 0. The Morgan fingerprint density at radius 3 is 2.50 bits per heavy atom. The van der Waals surface area contributed by atoms with Crippen LogP contribution in [0.1, 0.15) is 25.7 Å². The van der Waals surface area contributed by atoms with Crippen molar-refractivity contribution in [2.24, 2.45) is 0 Å². The summed E-state index contributed by atoms with van der Waals surface area (Å²) in [4.78, 5) is 19.5. The molecule has 0 aliphatic carbocycles. The number of amides is 1. The molecular weight excluding hydrogens is 252 g/mol. The van der Waals surface area contributed by atoms with E-state index in [1.807, 2.05) is 0 Å². The summed E-state index contributed by atoms with van der Waals surface area (Å²) in [6, 6.07) is 0.623. The van der Waals surface area contributed by atoms with E-state index in [-0.39, 0.29) is 0 Å². The summed E-state index contributed by atoms with van der Waals surface area (Å²) in [5, 5.41) is 3.34. The van der Waals surface area contributed by atoms with Crippen LogP contribution in [0.25, 0.3) is 0 Å². The molecule has 1 atom stereocenters. The molecule has 0 aromatic rings. The van der Waals surface area contributed by atoms with Gasteiger partial charge in [-0.15, -0.1) is 0 Å². The fourth-order valence-electron chi connectivity index (χ4n) is 3.75. The van der Waals surface area contributed by atoms with E-state index in [0.717, 1.165) is 39.3 Å². The van der Waals surface area contributed by atoms with E-state index >= 15 is 0 Å². The van der Waals surface area contributed by atoms with Crippen molar-refractivity contribution < 1.29 is 4.79 Å². The monoisotopic (exact) mass is 280 g/mol. The van der Waals surface area contributed by atoms with Crippen LogP contribution in [0.4, 0.5) is 0 Å². The van der Waals surface area contributed by atoms with E-state index in [0.29, 0.717) is 18.5 Å². The summed E-state index contributed by atoms with van der Waals surface area (Å²) in [6.45, 7) is 9.08. The van der Waals surface area contributed by atoms with Gasteiger partial charge in [0, 0.05) is 45.3 Å². The summed E-state index contributed by atoms with van der Waals surface area (Å²) in [7, 11) is 0. The highest BCUT2D eigenvalue weighted by atomic mass is 16.2. The average Bonchev–Trinajstić information content (AvgIpc) is 3.03. The maximum Gasteiger partial charge on any atom is 0.236 e. The third-order valence-corrected chi connectivity index (χ3v) is 4.97. The van der Waals surface area contributed by atoms with Crippen LogP contribution < -0.4 is 5.32 Å². The first kappa shape index (κ1) is 14.3. The molecule has 5 heteroatoms. The van der Waals surface area contributed by atoms with Crippen molar-refractivity contribution >= 4 is 5.91 Å². The SMILES string of the molecule is O=C(CN1CCNCC1)N1CCCC(N2CCCC2)C1. The number of hydrogen-bond acceptors (Lipinski definition) is 4. The molecule has 1 N–H and O–H groups in total. The van der Waals surface area contributed by atoms with E-state index < -0.39 is 0 Å². The smallest absolute Gasteiger partial charge is 0.236 e. The van der Waals surface area contributed by atoms with E-state index in [1.165, 1.54) is 38.8 Å². The Hall–Kier alpha value is -0.650. The molecule has 0 spiro atoms. The van der Waals surface area contributed by atoms with Crippen LogP contribution in [0, 0.1) is 0 Å². The molecule has 0 aromatic carbocycles. The minimum absolute atomic E-state index is 0.343. The first-order valence-electron chi connectivity index (χ1n) is 8.28. The van der Waals surface area contributed by atoms with E-state index in [1.54, 1.807) is 0 Å². The van der Waals surface area contributed by atoms with Crippen LogP contribution >= 0.6 is 0 Å². The lowest BCUT2D eigenvalue weighted by Gasteiger charge is -2.38. The summed E-state index contributed by atoms with van der Waals surface area (Å²) in [6.07, 6.45) is 5.13. The minimum atomic E-state index is 0.343. The number of piperidine rings is 1. The number of carbonyl (C=O) groups is 1. The Morgan fingerprint density at radius 2 is 1.75 bits per heavy atom. The van der Waals surface area contributed by atoms with Gasteiger partial charge in [-0.1, -0.05) is 0 Å². The summed E-state index contributed by atoms with van der Waals surface area (Å²) in [5.41, 5.74) is 0. The molecular formula is C15H28N4O. The topological polar surface area (TPSA) is 38.8 Å². The quantitative estimate of drug-likeness (QED) is 0.788. The Kier molecular flexibility index (Phi) is 4.91. The molecule has 5 nitrogen and oxygen atoms in total. The Balaban J connectivity index is 1.49. The van der Waals surface area contributed by atoms with Crippen LogP contribution in [-0.4, -0.2) is 85.6 Å². The third kappa shape index (κ3) is 3.51. The molecule has 0 saturated carbocycles. The van der Waals surface area contributed by atoms with Crippen molar-refractivity contribution in [2.75, 3.05) is 58.9 Å². The maximum atomic E-state index is 12.5. The van der Waals surface area contributed by atoms with Crippen molar-refractivity contribution in [1.29, 1.82) is 0 Å². The van der Waals surface area contributed by atoms with Crippen LogP contribution in [0.2, 0.25) is 0 Å². The molecule has 3 rings (SSSR count). The predicted molar refractivity (Wildman–Crippen MR) is 79.7 cm³/mol.